The molecule has 7 heteroatoms. The number of carbonyl (C=O) groups is 1. The molecule has 0 aliphatic rings. The molecule has 3 rings (SSSR count). The molecule has 0 bridgehead atoms. The van der Waals surface area contributed by atoms with E-state index < -0.39 is 15.8 Å². The van der Waals surface area contributed by atoms with Crippen LogP contribution < -0.4 is 0 Å². The molecule has 0 fully saturated rings. The number of hydrogen-bond donors (Lipinski definition) is 1. The molecule has 0 atom stereocenters. The highest BCUT2D eigenvalue weighted by molar-refractivity contribution is 7.90. The maximum Gasteiger partial charge on any atom is 0.346 e. The van der Waals surface area contributed by atoms with E-state index in [1.807, 2.05) is 13.0 Å². The molecule has 3 aromatic rings. The SMILES string of the molecule is Cc1ccc(-c2cc(CS(=O)(=O)c3ccccc3C)c(C(=O)O)s2)nc1. The van der Waals surface area contributed by atoms with E-state index in [1.54, 1.807) is 49.5 Å². The van der Waals surface area contributed by atoms with E-state index in [-0.39, 0.29) is 21.1 Å². The van der Waals surface area contributed by atoms with Gasteiger partial charge in [-0.05, 0) is 48.7 Å². The fourth-order valence-corrected chi connectivity index (χ4v) is 5.37. The molecular formula is C19H17NO4S2. The van der Waals surface area contributed by atoms with E-state index >= 15 is 0 Å². The number of aromatic carboxylic acids is 1. The molecule has 1 aromatic carbocycles. The summed E-state index contributed by atoms with van der Waals surface area (Å²) in [6.45, 7) is 3.63. The number of thiophene rings is 1. The van der Waals surface area contributed by atoms with E-state index in [2.05, 4.69) is 4.98 Å². The zero-order chi connectivity index (χ0) is 18.9. The molecule has 0 aliphatic heterocycles. The Kier molecular flexibility index (Phi) is 4.93. The van der Waals surface area contributed by atoms with Crippen molar-refractivity contribution in [2.75, 3.05) is 0 Å². The Morgan fingerprint density at radius 3 is 2.50 bits per heavy atom. The Morgan fingerprint density at radius 2 is 1.88 bits per heavy atom. The molecular weight excluding hydrogens is 370 g/mol. The molecule has 134 valence electrons. The number of nitrogens with zero attached hydrogens (tertiary/aromatic N) is 1. The van der Waals surface area contributed by atoms with Gasteiger partial charge in [0.15, 0.2) is 9.84 Å². The standard InChI is InChI=1S/C19H17NO4S2/c1-12-7-8-15(20-10-12)16-9-14(18(25-16)19(21)22)11-26(23,24)17-6-4-3-5-13(17)2/h3-10H,11H2,1-2H3,(H,21,22). The first-order chi connectivity index (χ1) is 12.3. The zero-order valence-electron chi connectivity index (χ0n) is 14.3. The van der Waals surface area contributed by atoms with Crippen molar-refractivity contribution in [1.29, 1.82) is 0 Å². The number of sulfone groups is 1. The summed E-state index contributed by atoms with van der Waals surface area (Å²) in [5.74, 6) is -1.50. The van der Waals surface area contributed by atoms with Crippen LogP contribution in [0.5, 0.6) is 0 Å². The van der Waals surface area contributed by atoms with Crippen LogP contribution in [0, 0.1) is 13.8 Å². The van der Waals surface area contributed by atoms with Crippen LogP contribution in [0.25, 0.3) is 10.6 Å². The van der Waals surface area contributed by atoms with Crippen molar-refractivity contribution in [3.8, 4) is 10.6 Å². The lowest BCUT2D eigenvalue weighted by atomic mass is 10.2. The van der Waals surface area contributed by atoms with Crippen LogP contribution in [0.1, 0.15) is 26.4 Å². The van der Waals surface area contributed by atoms with Crippen molar-refractivity contribution in [1.82, 2.24) is 4.98 Å². The van der Waals surface area contributed by atoms with Gasteiger partial charge in [-0.2, -0.15) is 0 Å². The number of carboxylic acid groups (broad SMARTS) is 1. The minimum Gasteiger partial charge on any atom is -0.477 e. The second-order valence-corrected chi connectivity index (χ2v) is 9.03. The highest BCUT2D eigenvalue weighted by Gasteiger charge is 2.24. The lowest BCUT2D eigenvalue weighted by Crippen LogP contribution is -2.08. The van der Waals surface area contributed by atoms with E-state index in [0.717, 1.165) is 16.9 Å². The number of carboxylic acids is 1. The Balaban J connectivity index is 2.03. The molecule has 0 spiro atoms. The molecule has 2 heterocycles. The minimum absolute atomic E-state index is 0.0273. The summed E-state index contributed by atoms with van der Waals surface area (Å²) in [4.78, 5) is 16.8. The van der Waals surface area contributed by atoms with Crippen molar-refractivity contribution in [3.63, 3.8) is 0 Å². The van der Waals surface area contributed by atoms with Crippen molar-refractivity contribution in [3.05, 3.63) is 70.2 Å². The first-order valence-corrected chi connectivity index (χ1v) is 10.3. The van der Waals surface area contributed by atoms with Gasteiger partial charge in [-0.15, -0.1) is 11.3 Å². The lowest BCUT2D eigenvalue weighted by Gasteiger charge is -2.07. The molecule has 2 aromatic heterocycles. The van der Waals surface area contributed by atoms with Crippen LogP contribution >= 0.6 is 11.3 Å². The van der Waals surface area contributed by atoms with Gasteiger partial charge >= 0.3 is 5.97 Å². The number of aryl methyl sites for hydroxylation is 2. The number of rotatable bonds is 5. The van der Waals surface area contributed by atoms with Crippen LogP contribution in [0.2, 0.25) is 0 Å². The molecule has 0 unspecified atom stereocenters. The van der Waals surface area contributed by atoms with Crippen molar-refractivity contribution >= 4 is 27.1 Å². The summed E-state index contributed by atoms with van der Waals surface area (Å²) in [6.07, 6.45) is 1.69. The van der Waals surface area contributed by atoms with Crippen LogP contribution in [0.4, 0.5) is 0 Å². The van der Waals surface area contributed by atoms with Gasteiger partial charge in [0.1, 0.15) is 4.88 Å². The van der Waals surface area contributed by atoms with E-state index in [4.69, 9.17) is 0 Å². The monoisotopic (exact) mass is 387 g/mol. The topological polar surface area (TPSA) is 84.3 Å². The number of benzene rings is 1. The van der Waals surface area contributed by atoms with E-state index in [9.17, 15) is 18.3 Å². The second kappa shape index (κ2) is 7.01. The largest absolute Gasteiger partial charge is 0.477 e. The Morgan fingerprint density at radius 1 is 1.15 bits per heavy atom. The Bertz CT molecular complexity index is 1070. The third kappa shape index (κ3) is 3.68. The van der Waals surface area contributed by atoms with Gasteiger partial charge in [-0.1, -0.05) is 24.3 Å². The van der Waals surface area contributed by atoms with Gasteiger partial charge in [-0.25, -0.2) is 13.2 Å². The third-order valence-electron chi connectivity index (χ3n) is 3.94. The van der Waals surface area contributed by atoms with Gasteiger partial charge in [0.25, 0.3) is 0 Å². The van der Waals surface area contributed by atoms with Crippen LogP contribution in [0.15, 0.2) is 53.6 Å². The maximum absolute atomic E-state index is 12.8. The van der Waals surface area contributed by atoms with Gasteiger partial charge in [0.05, 0.1) is 21.2 Å². The number of pyridine rings is 1. The first kappa shape index (κ1) is 18.3. The van der Waals surface area contributed by atoms with Gasteiger partial charge in [-0.3, -0.25) is 4.98 Å². The van der Waals surface area contributed by atoms with E-state index in [0.29, 0.717) is 16.1 Å². The van der Waals surface area contributed by atoms with Crippen molar-refractivity contribution < 1.29 is 18.3 Å². The Hall–Kier alpha value is -2.51. The van der Waals surface area contributed by atoms with Gasteiger partial charge in [0.2, 0.25) is 0 Å². The van der Waals surface area contributed by atoms with Crippen molar-refractivity contribution in [2.45, 2.75) is 24.5 Å². The quantitative estimate of drug-likeness (QED) is 0.712. The van der Waals surface area contributed by atoms with Crippen LogP contribution in [0.3, 0.4) is 0 Å². The smallest absolute Gasteiger partial charge is 0.346 e. The fraction of sp³-hybridized carbons (Fsp3) is 0.158. The summed E-state index contributed by atoms with van der Waals surface area (Å²) in [5, 5.41) is 9.49. The molecule has 26 heavy (non-hydrogen) atoms. The zero-order valence-corrected chi connectivity index (χ0v) is 15.9. The van der Waals surface area contributed by atoms with Gasteiger partial charge < -0.3 is 5.11 Å². The first-order valence-electron chi connectivity index (χ1n) is 7.85. The molecule has 0 saturated heterocycles. The molecule has 0 amide bonds. The highest BCUT2D eigenvalue weighted by Crippen LogP contribution is 2.33. The summed E-state index contributed by atoms with van der Waals surface area (Å²) >= 11 is 1.04. The normalized spacial score (nSPS) is 11.5. The van der Waals surface area contributed by atoms with Crippen LogP contribution in [-0.2, 0) is 15.6 Å². The van der Waals surface area contributed by atoms with Crippen molar-refractivity contribution in [2.24, 2.45) is 0 Å². The molecule has 5 nitrogen and oxygen atoms in total. The number of hydrogen-bond acceptors (Lipinski definition) is 5. The fourth-order valence-electron chi connectivity index (χ4n) is 2.64. The molecule has 0 radical (unpaired) electrons. The maximum atomic E-state index is 12.8. The van der Waals surface area contributed by atoms with E-state index in [1.165, 1.54) is 0 Å². The number of aromatic nitrogens is 1. The lowest BCUT2D eigenvalue weighted by molar-refractivity contribution is 0.0701. The summed E-state index contributed by atoms with van der Waals surface area (Å²) in [5.41, 5.74) is 2.54. The summed E-state index contributed by atoms with van der Waals surface area (Å²) in [7, 11) is -3.65. The average Bonchev–Trinajstić information content (AvgIpc) is 2.99. The van der Waals surface area contributed by atoms with Crippen LogP contribution in [-0.4, -0.2) is 24.5 Å². The third-order valence-corrected chi connectivity index (χ3v) is 6.95. The molecule has 0 saturated carbocycles. The molecule has 1 N–H and O–H groups in total. The highest BCUT2D eigenvalue weighted by atomic mass is 32.2. The average molecular weight is 387 g/mol. The second-order valence-electron chi connectivity index (χ2n) is 6.02. The summed E-state index contributed by atoms with van der Waals surface area (Å²) < 4.78 is 25.6. The molecule has 0 aliphatic carbocycles. The summed E-state index contributed by atoms with van der Waals surface area (Å²) in [6, 6.07) is 12.0. The predicted molar refractivity (Wildman–Crippen MR) is 101 cm³/mol. The predicted octanol–water partition coefficient (Wildman–Crippen LogP) is 4.10. The van der Waals surface area contributed by atoms with Gasteiger partial charge in [0, 0.05) is 6.20 Å². The Labute approximate surface area is 155 Å². The minimum atomic E-state index is -3.65.